The maximum atomic E-state index is 11.1. The van der Waals surface area contributed by atoms with Crippen LogP contribution in [0.1, 0.15) is 11.1 Å². The molecule has 2 aromatic carbocycles. The standard InChI is InChI=1S/C15H13N3O4/c1-9-6-12(18(20)21)4-2-10(9)8-16-11-3-5-14-13(7-11)17-15(19)22-14/h2-7,16H,8H2,1H3,(H,17,19). The lowest BCUT2D eigenvalue weighted by Gasteiger charge is -2.09. The van der Waals surface area contributed by atoms with Crippen molar-refractivity contribution in [2.24, 2.45) is 0 Å². The SMILES string of the molecule is Cc1cc([N+](=O)[O-])ccc1CNc1ccc2oc(=O)[nH]c2c1. The lowest BCUT2D eigenvalue weighted by Crippen LogP contribution is -2.02. The summed E-state index contributed by atoms with van der Waals surface area (Å²) in [5.74, 6) is -0.488. The molecule has 2 N–H and O–H groups in total. The lowest BCUT2D eigenvalue weighted by molar-refractivity contribution is -0.384. The number of anilines is 1. The van der Waals surface area contributed by atoms with Crippen LogP contribution >= 0.6 is 0 Å². The molecular formula is C15H13N3O4. The quantitative estimate of drug-likeness (QED) is 0.569. The van der Waals surface area contributed by atoms with Gasteiger partial charge in [0.15, 0.2) is 5.58 Å². The van der Waals surface area contributed by atoms with Crippen molar-refractivity contribution in [3.05, 3.63) is 68.2 Å². The van der Waals surface area contributed by atoms with Crippen LogP contribution in [0.5, 0.6) is 0 Å². The zero-order chi connectivity index (χ0) is 15.7. The predicted molar refractivity (Wildman–Crippen MR) is 82.0 cm³/mol. The van der Waals surface area contributed by atoms with Crippen molar-refractivity contribution in [2.75, 3.05) is 5.32 Å². The Balaban J connectivity index is 1.78. The number of benzene rings is 2. The van der Waals surface area contributed by atoms with Crippen molar-refractivity contribution >= 4 is 22.5 Å². The second-order valence-electron chi connectivity index (χ2n) is 4.95. The highest BCUT2D eigenvalue weighted by atomic mass is 16.6. The van der Waals surface area contributed by atoms with Crippen LogP contribution in [-0.2, 0) is 6.54 Å². The average Bonchev–Trinajstić information content (AvgIpc) is 2.85. The largest absolute Gasteiger partial charge is 0.417 e. The van der Waals surface area contributed by atoms with Gasteiger partial charge in [0.1, 0.15) is 0 Å². The summed E-state index contributed by atoms with van der Waals surface area (Å²) >= 11 is 0. The number of nitro benzene ring substituents is 1. The van der Waals surface area contributed by atoms with E-state index >= 15 is 0 Å². The number of oxazole rings is 1. The Morgan fingerprint density at radius 2 is 2.09 bits per heavy atom. The Kier molecular flexibility index (Phi) is 3.38. The molecular weight excluding hydrogens is 286 g/mol. The zero-order valence-electron chi connectivity index (χ0n) is 11.8. The number of H-pyrrole nitrogens is 1. The van der Waals surface area contributed by atoms with E-state index < -0.39 is 10.7 Å². The summed E-state index contributed by atoms with van der Waals surface area (Å²) in [5.41, 5.74) is 3.84. The van der Waals surface area contributed by atoms with Gasteiger partial charge in [0, 0.05) is 24.4 Å². The van der Waals surface area contributed by atoms with Crippen molar-refractivity contribution in [1.82, 2.24) is 4.98 Å². The number of aromatic nitrogens is 1. The molecule has 3 rings (SSSR count). The summed E-state index contributed by atoms with van der Waals surface area (Å²) in [6.45, 7) is 2.36. The molecule has 0 saturated carbocycles. The van der Waals surface area contributed by atoms with E-state index in [1.165, 1.54) is 6.07 Å². The van der Waals surface area contributed by atoms with Crippen LogP contribution in [0.25, 0.3) is 11.1 Å². The summed E-state index contributed by atoms with van der Waals surface area (Å²) in [5, 5.41) is 13.9. The fraction of sp³-hybridized carbons (Fsp3) is 0.133. The number of non-ortho nitro benzene ring substituents is 1. The Morgan fingerprint density at radius 3 is 2.82 bits per heavy atom. The molecule has 1 heterocycles. The summed E-state index contributed by atoms with van der Waals surface area (Å²) in [6, 6.07) is 10.1. The van der Waals surface area contributed by atoms with Crippen molar-refractivity contribution in [3.8, 4) is 0 Å². The van der Waals surface area contributed by atoms with E-state index in [1.54, 1.807) is 30.3 Å². The van der Waals surface area contributed by atoms with Gasteiger partial charge in [-0.15, -0.1) is 0 Å². The van der Waals surface area contributed by atoms with E-state index in [0.29, 0.717) is 17.6 Å². The number of fused-ring (bicyclic) bond motifs is 1. The third kappa shape index (κ3) is 2.69. The molecule has 0 bridgehead atoms. The van der Waals surface area contributed by atoms with Gasteiger partial charge in [-0.2, -0.15) is 0 Å². The van der Waals surface area contributed by atoms with E-state index in [2.05, 4.69) is 10.3 Å². The number of nitrogens with zero attached hydrogens (tertiary/aromatic N) is 1. The molecule has 0 aliphatic rings. The Morgan fingerprint density at radius 1 is 1.27 bits per heavy atom. The molecule has 0 radical (unpaired) electrons. The molecule has 0 saturated heterocycles. The number of nitrogens with one attached hydrogen (secondary N) is 2. The molecule has 0 spiro atoms. The minimum atomic E-state index is -0.488. The first kappa shape index (κ1) is 13.9. The highest BCUT2D eigenvalue weighted by molar-refractivity contribution is 5.76. The average molecular weight is 299 g/mol. The van der Waals surface area contributed by atoms with Crippen molar-refractivity contribution < 1.29 is 9.34 Å². The van der Waals surface area contributed by atoms with Crippen LogP contribution in [0.15, 0.2) is 45.6 Å². The van der Waals surface area contributed by atoms with Crippen LogP contribution in [0.4, 0.5) is 11.4 Å². The van der Waals surface area contributed by atoms with Gasteiger partial charge in [0.2, 0.25) is 0 Å². The van der Waals surface area contributed by atoms with E-state index in [9.17, 15) is 14.9 Å². The number of rotatable bonds is 4. The first-order valence-corrected chi connectivity index (χ1v) is 6.63. The molecule has 0 amide bonds. The van der Waals surface area contributed by atoms with Crippen LogP contribution in [0.2, 0.25) is 0 Å². The second kappa shape index (κ2) is 5.36. The van der Waals surface area contributed by atoms with Gasteiger partial charge in [-0.1, -0.05) is 6.07 Å². The third-order valence-electron chi connectivity index (χ3n) is 3.44. The summed E-state index contributed by atoms with van der Waals surface area (Å²) < 4.78 is 4.94. The Labute approximate surface area is 124 Å². The van der Waals surface area contributed by atoms with Gasteiger partial charge in [0.05, 0.1) is 10.4 Å². The molecule has 112 valence electrons. The summed E-state index contributed by atoms with van der Waals surface area (Å²) in [6.07, 6.45) is 0. The number of hydrogen-bond donors (Lipinski definition) is 2. The fourth-order valence-electron chi connectivity index (χ4n) is 2.25. The zero-order valence-corrected chi connectivity index (χ0v) is 11.8. The van der Waals surface area contributed by atoms with Crippen molar-refractivity contribution in [2.45, 2.75) is 13.5 Å². The molecule has 7 nitrogen and oxygen atoms in total. The van der Waals surface area contributed by atoms with Crippen LogP contribution < -0.4 is 11.1 Å². The maximum Gasteiger partial charge on any atom is 0.417 e. The Hall–Kier alpha value is -3.09. The number of aromatic amines is 1. The van der Waals surface area contributed by atoms with E-state index in [-0.39, 0.29) is 5.69 Å². The number of aryl methyl sites for hydroxylation is 1. The van der Waals surface area contributed by atoms with Gasteiger partial charge in [-0.25, -0.2) is 4.79 Å². The monoisotopic (exact) mass is 299 g/mol. The highest BCUT2D eigenvalue weighted by Gasteiger charge is 2.08. The van der Waals surface area contributed by atoms with Crippen molar-refractivity contribution in [3.63, 3.8) is 0 Å². The molecule has 0 unspecified atom stereocenters. The normalized spacial score (nSPS) is 10.8. The van der Waals surface area contributed by atoms with Crippen LogP contribution in [0.3, 0.4) is 0 Å². The first-order chi connectivity index (χ1) is 10.5. The molecule has 7 heteroatoms. The topological polar surface area (TPSA) is 101 Å². The van der Waals surface area contributed by atoms with Gasteiger partial charge in [-0.3, -0.25) is 15.1 Å². The molecule has 0 atom stereocenters. The lowest BCUT2D eigenvalue weighted by atomic mass is 10.1. The fourth-order valence-corrected chi connectivity index (χ4v) is 2.25. The van der Waals surface area contributed by atoms with Gasteiger partial charge >= 0.3 is 5.76 Å². The van der Waals surface area contributed by atoms with E-state index in [4.69, 9.17) is 4.42 Å². The molecule has 0 aliphatic carbocycles. The smallest absolute Gasteiger partial charge is 0.408 e. The minimum Gasteiger partial charge on any atom is -0.408 e. The first-order valence-electron chi connectivity index (χ1n) is 6.63. The minimum absolute atomic E-state index is 0.0821. The summed E-state index contributed by atoms with van der Waals surface area (Å²) in [7, 11) is 0. The maximum absolute atomic E-state index is 11.1. The van der Waals surface area contributed by atoms with E-state index in [1.807, 2.05) is 6.92 Å². The van der Waals surface area contributed by atoms with Gasteiger partial charge < -0.3 is 9.73 Å². The van der Waals surface area contributed by atoms with Crippen LogP contribution in [0, 0.1) is 17.0 Å². The van der Waals surface area contributed by atoms with E-state index in [0.717, 1.165) is 16.8 Å². The Bertz CT molecular complexity index is 911. The predicted octanol–water partition coefficient (Wildman–Crippen LogP) is 2.95. The molecule has 0 fully saturated rings. The highest BCUT2D eigenvalue weighted by Crippen LogP contribution is 2.20. The van der Waals surface area contributed by atoms with Crippen LogP contribution in [-0.4, -0.2) is 9.91 Å². The van der Waals surface area contributed by atoms with Gasteiger partial charge in [0.25, 0.3) is 5.69 Å². The summed E-state index contributed by atoms with van der Waals surface area (Å²) in [4.78, 5) is 24.0. The molecule has 0 aliphatic heterocycles. The number of hydrogen-bond acceptors (Lipinski definition) is 5. The molecule has 22 heavy (non-hydrogen) atoms. The number of nitro groups is 1. The molecule has 3 aromatic rings. The van der Waals surface area contributed by atoms with Gasteiger partial charge in [-0.05, 0) is 36.2 Å². The second-order valence-corrected chi connectivity index (χ2v) is 4.95. The van der Waals surface area contributed by atoms with Crippen molar-refractivity contribution in [1.29, 1.82) is 0 Å². The third-order valence-corrected chi connectivity index (χ3v) is 3.44. The molecule has 1 aromatic heterocycles.